The zero-order valence-electron chi connectivity index (χ0n) is 13.1. The molecule has 0 saturated carbocycles. The van der Waals surface area contributed by atoms with Crippen LogP contribution in [0.2, 0.25) is 0 Å². The second-order valence-electron chi connectivity index (χ2n) is 4.93. The molecule has 1 N–H and O–H groups in total. The standard InChI is InChI=1S/C16H23N3O2/c1-5-6-17-15(16-18-7-8-19(16)2)12-9-13(20-3)11-14(10-12)21-4/h7-11,15,17H,5-6H2,1-4H3. The molecule has 5 nitrogen and oxygen atoms in total. The lowest BCUT2D eigenvalue weighted by molar-refractivity contribution is 0.392. The summed E-state index contributed by atoms with van der Waals surface area (Å²) in [4.78, 5) is 4.48. The fraction of sp³-hybridized carbons (Fsp3) is 0.438. The largest absolute Gasteiger partial charge is 0.497 e. The highest BCUT2D eigenvalue weighted by atomic mass is 16.5. The van der Waals surface area contributed by atoms with Crippen LogP contribution < -0.4 is 14.8 Å². The summed E-state index contributed by atoms with van der Waals surface area (Å²) in [6.07, 6.45) is 4.82. The van der Waals surface area contributed by atoms with Crippen LogP contribution in [-0.2, 0) is 7.05 Å². The predicted octanol–water partition coefficient (Wildman–Crippen LogP) is 2.53. The molecule has 0 radical (unpaired) electrons. The fourth-order valence-electron chi connectivity index (χ4n) is 2.30. The van der Waals surface area contributed by atoms with E-state index in [9.17, 15) is 0 Å². The Morgan fingerprint density at radius 3 is 2.33 bits per heavy atom. The Kier molecular flexibility index (Phi) is 5.22. The van der Waals surface area contributed by atoms with Crippen LogP contribution in [0.25, 0.3) is 0 Å². The lowest BCUT2D eigenvalue weighted by Gasteiger charge is -2.20. The van der Waals surface area contributed by atoms with Crippen molar-refractivity contribution in [2.75, 3.05) is 20.8 Å². The first-order valence-electron chi connectivity index (χ1n) is 7.13. The Hall–Kier alpha value is -2.01. The van der Waals surface area contributed by atoms with Gasteiger partial charge in [-0.05, 0) is 30.7 Å². The first kappa shape index (κ1) is 15.4. The van der Waals surface area contributed by atoms with Gasteiger partial charge >= 0.3 is 0 Å². The lowest BCUT2D eigenvalue weighted by Crippen LogP contribution is -2.25. The molecule has 1 aromatic carbocycles. The van der Waals surface area contributed by atoms with E-state index in [0.29, 0.717) is 0 Å². The average Bonchev–Trinajstić information content (AvgIpc) is 2.93. The van der Waals surface area contributed by atoms with Gasteiger partial charge in [-0.3, -0.25) is 0 Å². The molecule has 0 bridgehead atoms. The van der Waals surface area contributed by atoms with Crippen molar-refractivity contribution in [2.24, 2.45) is 7.05 Å². The molecular formula is C16H23N3O2. The number of nitrogens with zero attached hydrogens (tertiary/aromatic N) is 2. The molecule has 0 aliphatic carbocycles. The van der Waals surface area contributed by atoms with Gasteiger partial charge < -0.3 is 19.4 Å². The number of hydrogen-bond donors (Lipinski definition) is 1. The van der Waals surface area contributed by atoms with E-state index in [0.717, 1.165) is 35.9 Å². The molecule has 1 heterocycles. The number of rotatable bonds is 7. The molecule has 0 spiro atoms. The second kappa shape index (κ2) is 7.13. The smallest absolute Gasteiger partial charge is 0.130 e. The second-order valence-corrected chi connectivity index (χ2v) is 4.93. The van der Waals surface area contributed by atoms with Crippen LogP contribution in [0, 0.1) is 0 Å². The average molecular weight is 289 g/mol. The van der Waals surface area contributed by atoms with Gasteiger partial charge in [-0.1, -0.05) is 6.92 Å². The van der Waals surface area contributed by atoms with Gasteiger partial charge in [0.05, 0.1) is 20.3 Å². The topological polar surface area (TPSA) is 48.3 Å². The van der Waals surface area contributed by atoms with E-state index in [2.05, 4.69) is 17.2 Å². The van der Waals surface area contributed by atoms with E-state index in [1.54, 1.807) is 14.2 Å². The molecule has 114 valence electrons. The highest BCUT2D eigenvalue weighted by Gasteiger charge is 2.19. The number of methoxy groups -OCH3 is 2. The SMILES string of the molecule is CCCNC(c1cc(OC)cc(OC)c1)c1nccn1C. The zero-order chi connectivity index (χ0) is 15.2. The number of aryl methyl sites for hydroxylation is 1. The number of nitrogens with one attached hydrogen (secondary N) is 1. The Morgan fingerprint density at radius 1 is 1.19 bits per heavy atom. The molecule has 1 atom stereocenters. The van der Waals surface area contributed by atoms with Gasteiger partial charge in [0.25, 0.3) is 0 Å². The van der Waals surface area contributed by atoms with Crippen LogP contribution in [0.3, 0.4) is 0 Å². The molecule has 0 amide bonds. The van der Waals surface area contributed by atoms with Crippen molar-refractivity contribution in [2.45, 2.75) is 19.4 Å². The maximum atomic E-state index is 5.36. The van der Waals surface area contributed by atoms with Gasteiger partial charge in [0.1, 0.15) is 17.3 Å². The minimum Gasteiger partial charge on any atom is -0.497 e. The summed E-state index contributed by atoms with van der Waals surface area (Å²) in [5.41, 5.74) is 1.08. The van der Waals surface area contributed by atoms with Crippen molar-refractivity contribution in [1.82, 2.24) is 14.9 Å². The third kappa shape index (κ3) is 3.55. The lowest BCUT2D eigenvalue weighted by atomic mass is 10.0. The normalized spacial score (nSPS) is 12.2. The predicted molar refractivity (Wildman–Crippen MR) is 82.9 cm³/mol. The van der Waals surface area contributed by atoms with Crippen LogP contribution in [0.4, 0.5) is 0 Å². The van der Waals surface area contributed by atoms with Crippen LogP contribution in [0.15, 0.2) is 30.6 Å². The highest BCUT2D eigenvalue weighted by Crippen LogP contribution is 2.29. The van der Waals surface area contributed by atoms with Gasteiger partial charge in [0, 0.05) is 25.5 Å². The van der Waals surface area contributed by atoms with Crippen molar-refractivity contribution >= 4 is 0 Å². The number of benzene rings is 1. The van der Waals surface area contributed by atoms with Crippen LogP contribution in [0.5, 0.6) is 11.5 Å². The van der Waals surface area contributed by atoms with Crippen molar-refractivity contribution in [3.8, 4) is 11.5 Å². The third-order valence-electron chi connectivity index (χ3n) is 3.42. The van der Waals surface area contributed by atoms with Gasteiger partial charge in [-0.15, -0.1) is 0 Å². The van der Waals surface area contributed by atoms with Gasteiger partial charge in [-0.2, -0.15) is 0 Å². The molecule has 2 aromatic rings. The number of imidazole rings is 1. The molecule has 0 aliphatic heterocycles. The summed E-state index contributed by atoms with van der Waals surface area (Å²) >= 11 is 0. The van der Waals surface area contributed by atoms with Crippen molar-refractivity contribution < 1.29 is 9.47 Å². The summed E-state index contributed by atoms with van der Waals surface area (Å²) in [7, 11) is 5.32. The monoisotopic (exact) mass is 289 g/mol. The summed E-state index contributed by atoms with van der Waals surface area (Å²) in [6, 6.07) is 5.92. The Balaban J connectivity index is 2.43. The van der Waals surface area contributed by atoms with Gasteiger partial charge in [0.15, 0.2) is 0 Å². The summed E-state index contributed by atoms with van der Waals surface area (Å²) < 4.78 is 12.8. The number of ether oxygens (including phenoxy) is 2. The van der Waals surface area contributed by atoms with Crippen molar-refractivity contribution in [1.29, 1.82) is 0 Å². The molecule has 0 aliphatic rings. The summed E-state index contributed by atoms with van der Waals surface area (Å²) in [5, 5.41) is 3.54. The van der Waals surface area contributed by atoms with Gasteiger partial charge in [-0.25, -0.2) is 4.98 Å². The van der Waals surface area contributed by atoms with E-state index in [1.165, 1.54) is 0 Å². The first-order valence-corrected chi connectivity index (χ1v) is 7.13. The molecule has 0 fully saturated rings. The van der Waals surface area contributed by atoms with Crippen molar-refractivity contribution in [3.05, 3.63) is 42.0 Å². The molecule has 1 aromatic heterocycles. The van der Waals surface area contributed by atoms with Crippen LogP contribution in [-0.4, -0.2) is 30.3 Å². The molecular weight excluding hydrogens is 266 g/mol. The first-order chi connectivity index (χ1) is 10.2. The third-order valence-corrected chi connectivity index (χ3v) is 3.42. The minimum absolute atomic E-state index is 0.00829. The van der Waals surface area contributed by atoms with E-state index < -0.39 is 0 Å². The Morgan fingerprint density at radius 2 is 1.86 bits per heavy atom. The van der Waals surface area contributed by atoms with Crippen LogP contribution in [0.1, 0.15) is 30.8 Å². The quantitative estimate of drug-likeness (QED) is 0.851. The summed E-state index contributed by atoms with van der Waals surface area (Å²) in [5.74, 6) is 2.53. The number of aromatic nitrogens is 2. The van der Waals surface area contributed by atoms with Gasteiger partial charge in [0.2, 0.25) is 0 Å². The van der Waals surface area contributed by atoms with Crippen molar-refractivity contribution in [3.63, 3.8) is 0 Å². The number of hydrogen-bond acceptors (Lipinski definition) is 4. The van der Waals surface area contributed by atoms with E-state index in [1.807, 2.05) is 42.2 Å². The van der Waals surface area contributed by atoms with E-state index in [4.69, 9.17) is 9.47 Å². The maximum Gasteiger partial charge on any atom is 0.130 e. The zero-order valence-corrected chi connectivity index (χ0v) is 13.1. The van der Waals surface area contributed by atoms with E-state index >= 15 is 0 Å². The molecule has 5 heteroatoms. The fourth-order valence-corrected chi connectivity index (χ4v) is 2.30. The van der Waals surface area contributed by atoms with Crippen LogP contribution >= 0.6 is 0 Å². The Labute approximate surface area is 125 Å². The highest BCUT2D eigenvalue weighted by molar-refractivity contribution is 5.41. The minimum atomic E-state index is 0.00829. The molecule has 21 heavy (non-hydrogen) atoms. The summed E-state index contributed by atoms with van der Waals surface area (Å²) in [6.45, 7) is 3.06. The molecule has 1 unspecified atom stereocenters. The molecule has 0 saturated heterocycles. The van der Waals surface area contributed by atoms with E-state index in [-0.39, 0.29) is 6.04 Å². The maximum absolute atomic E-state index is 5.36. The Bertz CT molecular complexity index is 558. The molecule has 2 rings (SSSR count).